The number of hydrazine groups is 1. The number of nitrogens with two attached hydrogens (primary N) is 1. The molecule has 0 radical (unpaired) electrons. The minimum atomic E-state index is 0.620. The molecular formula is C7H10N4. The van der Waals surface area contributed by atoms with Gasteiger partial charge >= 0.3 is 0 Å². The smallest absolute Gasteiger partial charge is 0.162 e. The number of nitrogens with zero attached hydrogens (tertiary/aromatic N) is 2. The van der Waals surface area contributed by atoms with Gasteiger partial charge in [0.15, 0.2) is 5.82 Å². The molecule has 1 aromatic rings. The summed E-state index contributed by atoms with van der Waals surface area (Å²) in [4.78, 5) is 0. The Morgan fingerprint density at radius 2 is 2.18 bits per heavy atom. The highest BCUT2D eigenvalue weighted by Gasteiger charge is 2.24. The summed E-state index contributed by atoms with van der Waals surface area (Å²) in [5, 5.41) is 7.89. The van der Waals surface area contributed by atoms with Gasteiger partial charge in [-0.05, 0) is 25.0 Å². The number of anilines is 1. The van der Waals surface area contributed by atoms with Crippen LogP contribution in [0, 0.1) is 0 Å². The van der Waals surface area contributed by atoms with Gasteiger partial charge in [0.1, 0.15) is 0 Å². The quantitative estimate of drug-likeness (QED) is 0.479. The summed E-state index contributed by atoms with van der Waals surface area (Å²) in [6.07, 6.45) is 2.51. The lowest BCUT2D eigenvalue weighted by Crippen LogP contribution is -2.09. The van der Waals surface area contributed by atoms with Crippen LogP contribution in [0.5, 0.6) is 0 Å². The first-order valence-electron chi connectivity index (χ1n) is 3.70. The van der Waals surface area contributed by atoms with Crippen LogP contribution in [0.25, 0.3) is 0 Å². The van der Waals surface area contributed by atoms with E-state index in [9.17, 15) is 0 Å². The zero-order chi connectivity index (χ0) is 7.68. The Kier molecular flexibility index (Phi) is 1.47. The Morgan fingerprint density at radius 3 is 2.64 bits per heavy atom. The number of nitrogen functional groups attached to an aromatic ring is 1. The molecule has 3 N–H and O–H groups in total. The van der Waals surface area contributed by atoms with Gasteiger partial charge in [0, 0.05) is 5.92 Å². The lowest BCUT2D eigenvalue weighted by Gasteiger charge is -1.97. The second kappa shape index (κ2) is 2.47. The fourth-order valence-electron chi connectivity index (χ4n) is 1.02. The molecule has 1 aromatic heterocycles. The van der Waals surface area contributed by atoms with Crippen molar-refractivity contribution in [3.05, 3.63) is 17.8 Å². The van der Waals surface area contributed by atoms with E-state index in [0.29, 0.717) is 11.7 Å². The molecular weight excluding hydrogens is 140 g/mol. The monoisotopic (exact) mass is 150 g/mol. The molecule has 0 spiro atoms. The minimum Gasteiger partial charge on any atom is -0.307 e. The molecule has 1 saturated carbocycles. The van der Waals surface area contributed by atoms with Crippen molar-refractivity contribution in [1.82, 2.24) is 10.2 Å². The number of hydrogen-bond donors (Lipinski definition) is 2. The molecule has 0 aliphatic heterocycles. The normalized spacial score (nSPS) is 16.5. The number of aromatic nitrogens is 2. The lowest BCUT2D eigenvalue weighted by atomic mass is 10.3. The van der Waals surface area contributed by atoms with Gasteiger partial charge < -0.3 is 5.43 Å². The maximum Gasteiger partial charge on any atom is 0.162 e. The molecule has 1 aliphatic carbocycles. The summed E-state index contributed by atoms with van der Waals surface area (Å²) in [5.74, 6) is 6.42. The van der Waals surface area contributed by atoms with Crippen molar-refractivity contribution in [2.75, 3.05) is 5.43 Å². The topological polar surface area (TPSA) is 63.8 Å². The maximum atomic E-state index is 5.14. The molecule has 2 rings (SSSR count). The van der Waals surface area contributed by atoms with Crippen LogP contribution >= 0.6 is 0 Å². The summed E-state index contributed by atoms with van der Waals surface area (Å²) in [7, 11) is 0. The fraction of sp³-hybridized carbons (Fsp3) is 0.429. The second-order valence-corrected chi connectivity index (χ2v) is 2.76. The largest absolute Gasteiger partial charge is 0.307 e. The molecule has 0 bridgehead atoms. The predicted octanol–water partition coefficient (Wildman–Crippen LogP) is 0.640. The molecule has 58 valence electrons. The van der Waals surface area contributed by atoms with E-state index in [1.807, 2.05) is 12.1 Å². The van der Waals surface area contributed by atoms with Gasteiger partial charge in [-0.15, -0.1) is 5.10 Å². The third-order valence-corrected chi connectivity index (χ3v) is 1.83. The third-order valence-electron chi connectivity index (χ3n) is 1.83. The van der Waals surface area contributed by atoms with Gasteiger partial charge in [-0.2, -0.15) is 5.10 Å². The second-order valence-electron chi connectivity index (χ2n) is 2.76. The Morgan fingerprint density at radius 1 is 1.36 bits per heavy atom. The van der Waals surface area contributed by atoms with Crippen molar-refractivity contribution in [1.29, 1.82) is 0 Å². The molecule has 11 heavy (non-hydrogen) atoms. The molecule has 4 heteroatoms. The summed E-state index contributed by atoms with van der Waals surface area (Å²) >= 11 is 0. The van der Waals surface area contributed by atoms with Crippen molar-refractivity contribution >= 4 is 5.82 Å². The van der Waals surface area contributed by atoms with Crippen LogP contribution in [0.3, 0.4) is 0 Å². The summed E-state index contributed by atoms with van der Waals surface area (Å²) in [6.45, 7) is 0. The van der Waals surface area contributed by atoms with Crippen LogP contribution in [0.15, 0.2) is 12.1 Å². The Hall–Kier alpha value is -1.16. The van der Waals surface area contributed by atoms with Crippen molar-refractivity contribution in [3.8, 4) is 0 Å². The molecule has 0 amide bonds. The van der Waals surface area contributed by atoms with E-state index in [1.165, 1.54) is 12.8 Å². The SMILES string of the molecule is NNc1ccc(C2CC2)nn1. The van der Waals surface area contributed by atoms with E-state index in [4.69, 9.17) is 5.84 Å². The zero-order valence-electron chi connectivity index (χ0n) is 6.12. The molecule has 0 unspecified atom stereocenters. The standard InChI is InChI=1S/C7H10N4/c8-9-7-4-3-6(10-11-7)5-1-2-5/h3-5H,1-2,8H2,(H,9,11). The summed E-state index contributed by atoms with van der Waals surface area (Å²) in [6, 6.07) is 3.82. The van der Waals surface area contributed by atoms with Gasteiger partial charge in [-0.25, -0.2) is 5.84 Å². The Balaban J connectivity index is 2.19. The third kappa shape index (κ3) is 1.30. The molecule has 1 aliphatic rings. The molecule has 0 aromatic carbocycles. The first kappa shape index (κ1) is 6.54. The molecule has 1 fully saturated rings. The molecule has 0 atom stereocenters. The van der Waals surface area contributed by atoms with E-state index in [1.54, 1.807) is 0 Å². The first-order valence-corrected chi connectivity index (χ1v) is 3.70. The highest BCUT2D eigenvalue weighted by molar-refractivity contribution is 5.32. The van der Waals surface area contributed by atoms with Gasteiger partial charge in [0.2, 0.25) is 0 Å². The highest BCUT2D eigenvalue weighted by Crippen LogP contribution is 2.38. The molecule has 0 saturated heterocycles. The van der Waals surface area contributed by atoms with Crippen LogP contribution in [0.2, 0.25) is 0 Å². The highest BCUT2D eigenvalue weighted by atomic mass is 15.3. The fourth-order valence-corrected chi connectivity index (χ4v) is 1.02. The van der Waals surface area contributed by atoms with E-state index < -0.39 is 0 Å². The van der Waals surface area contributed by atoms with E-state index >= 15 is 0 Å². The average molecular weight is 150 g/mol. The number of nitrogens with one attached hydrogen (secondary N) is 1. The maximum absolute atomic E-state index is 5.14. The van der Waals surface area contributed by atoms with E-state index in [-0.39, 0.29) is 0 Å². The van der Waals surface area contributed by atoms with Gasteiger partial charge in [0.25, 0.3) is 0 Å². The van der Waals surface area contributed by atoms with Crippen LogP contribution in [0.4, 0.5) is 5.82 Å². The van der Waals surface area contributed by atoms with E-state index in [2.05, 4.69) is 15.6 Å². The van der Waals surface area contributed by atoms with Gasteiger partial charge in [0.05, 0.1) is 5.69 Å². The van der Waals surface area contributed by atoms with E-state index in [0.717, 1.165) is 5.69 Å². The van der Waals surface area contributed by atoms with Crippen molar-refractivity contribution in [2.45, 2.75) is 18.8 Å². The minimum absolute atomic E-state index is 0.620. The van der Waals surface area contributed by atoms with Crippen molar-refractivity contribution in [3.63, 3.8) is 0 Å². The van der Waals surface area contributed by atoms with Crippen LogP contribution in [-0.4, -0.2) is 10.2 Å². The number of hydrogen-bond acceptors (Lipinski definition) is 4. The summed E-state index contributed by atoms with van der Waals surface area (Å²) in [5.41, 5.74) is 3.53. The van der Waals surface area contributed by atoms with Crippen LogP contribution in [0.1, 0.15) is 24.5 Å². The van der Waals surface area contributed by atoms with Crippen LogP contribution < -0.4 is 11.3 Å². The van der Waals surface area contributed by atoms with Crippen molar-refractivity contribution in [2.24, 2.45) is 5.84 Å². The summed E-state index contributed by atoms with van der Waals surface area (Å²) < 4.78 is 0. The Labute approximate surface area is 64.8 Å². The molecule has 1 heterocycles. The van der Waals surface area contributed by atoms with Gasteiger partial charge in [-0.3, -0.25) is 0 Å². The van der Waals surface area contributed by atoms with Crippen molar-refractivity contribution < 1.29 is 0 Å². The predicted molar refractivity (Wildman–Crippen MR) is 41.8 cm³/mol. The number of rotatable bonds is 2. The van der Waals surface area contributed by atoms with Crippen LogP contribution in [-0.2, 0) is 0 Å². The Bertz CT molecular complexity index is 239. The molecule has 4 nitrogen and oxygen atoms in total. The zero-order valence-corrected chi connectivity index (χ0v) is 6.12. The average Bonchev–Trinajstić information content (AvgIpc) is 2.87. The lowest BCUT2D eigenvalue weighted by molar-refractivity contribution is 0.909. The first-order chi connectivity index (χ1) is 5.40. The van der Waals surface area contributed by atoms with Gasteiger partial charge in [-0.1, -0.05) is 0 Å².